The lowest BCUT2D eigenvalue weighted by Gasteiger charge is -2.17. The zero-order chi connectivity index (χ0) is 13.5. The lowest BCUT2D eigenvalue weighted by molar-refractivity contribution is -0.384. The van der Waals surface area contributed by atoms with Gasteiger partial charge in [0.2, 0.25) is 0 Å². The van der Waals surface area contributed by atoms with Crippen molar-refractivity contribution in [3.8, 4) is 6.07 Å². The van der Waals surface area contributed by atoms with Crippen LogP contribution in [-0.2, 0) is 0 Å². The average Bonchev–Trinajstić information content (AvgIpc) is 2.83. The Morgan fingerprint density at radius 2 is 2.39 bits per heavy atom. The van der Waals surface area contributed by atoms with E-state index in [4.69, 9.17) is 5.26 Å². The van der Waals surface area contributed by atoms with Crippen molar-refractivity contribution < 1.29 is 9.72 Å². The molecule has 1 rings (SSSR count). The topological polar surface area (TPSA) is 103 Å². The first-order chi connectivity index (χ1) is 8.58. The van der Waals surface area contributed by atoms with Gasteiger partial charge in [-0.05, 0) is 6.54 Å². The maximum atomic E-state index is 11.8. The van der Waals surface area contributed by atoms with E-state index in [0.29, 0.717) is 19.5 Å². The van der Waals surface area contributed by atoms with Crippen LogP contribution in [0.4, 0.5) is 5.69 Å². The van der Waals surface area contributed by atoms with Crippen molar-refractivity contribution >= 4 is 11.5 Å². The number of hydrogen-bond donors (Lipinski definition) is 1. The Labute approximate surface area is 104 Å². The van der Waals surface area contributed by atoms with Crippen LogP contribution in [0, 0.1) is 21.4 Å². The van der Waals surface area contributed by atoms with Crippen LogP contribution in [0.1, 0.15) is 23.8 Å². The summed E-state index contributed by atoms with van der Waals surface area (Å²) >= 11 is 0. The van der Waals surface area contributed by atoms with Crippen molar-refractivity contribution in [1.82, 2.24) is 9.88 Å². The quantitative estimate of drug-likeness (QED) is 0.447. The van der Waals surface area contributed by atoms with Crippen molar-refractivity contribution in [3.05, 3.63) is 28.1 Å². The van der Waals surface area contributed by atoms with Gasteiger partial charge in [0.25, 0.3) is 5.69 Å². The van der Waals surface area contributed by atoms with Gasteiger partial charge in [0.1, 0.15) is 0 Å². The summed E-state index contributed by atoms with van der Waals surface area (Å²) in [4.78, 5) is 26.2. The Morgan fingerprint density at radius 3 is 2.89 bits per heavy atom. The van der Waals surface area contributed by atoms with Crippen LogP contribution < -0.4 is 0 Å². The largest absolute Gasteiger partial charge is 0.353 e. The minimum Gasteiger partial charge on any atom is -0.353 e. The van der Waals surface area contributed by atoms with E-state index in [0.717, 1.165) is 0 Å². The third-order valence-electron chi connectivity index (χ3n) is 2.53. The van der Waals surface area contributed by atoms with Crippen LogP contribution in [0.3, 0.4) is 0 Å². The second kappa shape index (κ2) is 6.51. The zero-order valence-electron chi connectivity index (χ0n) is 10.0. The molecule has 7 nitrogen and oxygen atoms in total. The molecule has 96 valence electrons. The summed E-state index contributed by atoms with van der Waals surface area (Å²) in [5.41, 5.74) is 0.0931. The monoisotopic (exact) mass is 250 g/mol. The zero-order valence-corrected chi connectivity index (χ0v) is 10.0. The van der Waals surface area contributed by atoms with Crippen molar-refractivity contribution in [2.45, 2.75) is 13.3 Å². The molecule has 0 aromatic carbocycles. The number of Topliss-reactive ketones (excluding diaryl/α,β-unsaturated/α-hetero) is 1. The summed E-state index contributed by atoms with van der Waals surface area (Å²) in [6.07, 6.45) is 1.55. The fourth-order valence-electron chi connectivity index (χ4n) is 1.49. The molecule has 1 aromatic rings. The third kappa shape index (κ3) is 3.68. The molecule has 0 spiro atoms. The van der Waals surface area contributed by atoms with Gasteiger partial charge in [-0.1, -0.05) is 6.92 Å². The van der Waals surface area contributed by atoms with Gasteiger partial charge in [-0.15, -0.1) is 0 Å². The van der Waals surface area contributed by atoms with Gasteiger partial charge < -0.3 is 4.98 Å². The van der Waals surface area contributed by atoms with Gasteiger partial charge in [-0.25, -0.2) is 0 Å². The highest BCUT2D eigenvalue weighted by atomic mass is 16.6. The van der Waals surface area contributed by atoms with E-state index in [9.17, 15) is 14.9 Å². The first-order valence-electron chi connectivity index (χ1n) is 5.53. The molecule has 0 fully saturated rings. The summed E-state index contributed by atoms with van der Waals surface area (Å²) in [6.45, 7) is 3.20. The lowest BCUT2D eigenvalue weighted by atomic mass is 10.2. The molecule has 1 heterocycles. The molecule has 18 heavy (non-hydrogen) atoms. The highest BCUT2D eigenvalue weighted by Crippen LogP contribution is 2.12. The number of ketones is 1. The minimum atomic E-state index is -0.555. The molecule has 0 radical (unpaired) electrons. The molecule has 0 aliphatic rings. The molecule has 0 aliphatic carbocycles. The number of carbonyl (C=O) groups excluding carboxylic acids is 1. The number of aromatic amines is 1. The number of nitriles is 1. The van der Waals surface area contributed by atoms with Gasteiger partial charge in [0.15, 0.2) is 5.78 Å². The fourth-order valence-corrected chi connectivity index (χ4v) is 1.49. The Hall–Kier alpha value is -2.20. The second-order valence-corrected chi connectivity index (χ2v) is 3.73. The second-order valence-electron chi connectivity index (χ2n) is 3.73. The van der Waals surface area contributed by atoms with Crippen molar-refractivity contribution in [2.75, 3.05) is 19.6 Å². The molecule has 0 bridgehead atoms. The predicted molar refractivity (Wildman–Crippen MR) is 64.1 cm³/mol. The van der Waals surface area contributed by atoms with E-state index in [-0.39, 0.29) is 23.7 Å². The van der Waals surface area contributed by atoms with Crippen LogP contribution in [0.15, 0.2) is 12.3 Å². The smallest absolute Gasteiger partial charge is 0.287 e. The number of H-pyrrole nitrogens is 1. The normalized spacial score (nSPS) is 10.3. The Kier molecular flexibility index (Phi) is 5.02. The summed E-state index contributed by atoms with van der Waals surface area (Å²) in [6, 6.07) is 3.24. The van der Waals surface area contributed by atoms with E-state index in [1.54, 1.807) is 0 Å². The SMILES string of the molecule is CCN(CCC#N)CC(=O)c1cc([N+](=O)[O-])c[nH]1. The van der Waals surface area contributed by atoms with E-state index in [1.165, 1.54) is 12.3 Å². The van der Waals surface area contributed by atoms with E-state index in [1.807, 2.05) is 17.9 Å². The van der Waals surface area contributed by atoms with Crippen LogP contribution in [0.5, 0.6) is 0 Å². The van der Waals surface area contributed by atoms with Crippen LogP contribution in [0.25, 0.3) is 0 Å². The number of carbonyl (C=O) groups is 1. The average molecular weight is 250 g/mol. The minimum absolute atomic E-state index is 0.126. The van der Waals surface area contributed by atoms with Gasteiger partial charge in [-0.2, -0.15) is 5.26 Å². The molecular weight excluding hydrogens is 236 g/mol. The Bertz CT molecular complexity index is 475. The molecule has 7 heteroatoms. The first kappa shape index (κ1) is 13.9. The number of nitrogens with zero attached hydrogens (tertiary/aromatic N) is 3. The molecule has 1 aromatic heterocycles. The number of likely N-dealkylation sites (N-methyl/N-ethyl adjacent to an activating group) is 1. The van der Waals surface area contributed by atoms with Gasteiger partial charge in [-0.3, -0.25) is 19.8 Å². The lowest BCUT2D eigenvalue weighted by Crippen LogP contribution is -2.30. The van der Waals surface area contributed by atoms with Crippen LogP contribution >= 0.6 is 0 Å². The third-order valence-corrected chi connectivity index (χ3v) is 2.53. The highest BCUT2D eigenvalue weighted by Gasteiger charge is 2.16. The predicted octanol–water partition coefficient (Wildman–Crippen LogP) is 1.34. The fraction of sp³-hybridized carbons (Fsp3) is 0.455. The maximum Gasteiger partial charge on any atom is 0.287 e. The molecule has 0 atom stereocenters. The summed E-state index contributed by atoms with van der Waals surface area (Å²) in [7, 11) is 0. The molecule has 0 aliphatic heterocycles. The van der Waals surface area contributed by atoms with E-state index in [2.05, 4.69) is 4.98 Å². The van der Waals surface area contributed by atoms with Gasteiger partial charge >= 0.3 is 0 Å². The van der Waals surface area contributed by atoms with Crippen molar-refractivity contribution in [1.29, 1.82) is 5.26 Å². The first-order valence-corrected chi connectivity index (χ1v) is 5.53. The number of aromatic nitrogens is 1. The van der Waals surface area contributed by atoms with Gasteiger partial charge in [0.05, 0.1) is 29.4 Å². The molecular formula is C11H14N4O3. The van der Waals surface area contributed by atoms with Crippen molar-refractivity contribution in [2.24, 2.45) is 0 Å². The molecule has 0 amide bonds. The molecule has 0 unspecified atom stereocenters. The standard InChI is InChI=1S/C11H14N4O3/c1-2-14(5-3-4-12)8-11(16)10-6-9(7-13-10)15(17)18/h6-7,13H,2-3,5,8H2,1H3. The summed E-state index contributed by atoms with van der Waals surface area (Å²) in [5, 5.41) is 19.0. The number of nitro groups is 1. The Balaban J connectivity index is 2.63. The molecule has 0 saturated carbocycles. The van der Waals surface area contributed by atoms with Crippen molar-refractivity contribution in [3.63, 3.8) is 0 Å². The molecule has 0 saturated heterocycles. The van der Waals surface area contributed by atoms with E-state index < -0.39 is 4.92 Å². The van der Waals surface area contributed by atoms with Gasteiger partial charge in [0, 0.05) is 19.0 Å². The Morgan fingerprint density at radius 1 is 1.67 bits per heavy atom. The van der Waals surface area contributed by atoms with Crippen LogP contribution in [0.2, 0.25) is 0 Å². The molecule has 1 N–H and O–H groups in total. The highest BCUT2D eigenvalue weighted by molar-refractivity contribution is 5.96. The summed E-state index contributed by atoms with van der Waals surface area (Å²) in [5.74, 6) is -0.220. The van der Waals surface area contributed by atoms with E-state index >= 15 is 0 Å². The number of hydrogen-bond acceptors (Lipinski definition) is 5. The maximum absolute atomic E-state index is 11.8. The number of nitrogens with one attached hydrogen (secondary N) is 1. The number of rotatable bonds is 7. The summed E-state index contributed by atoms with van der Waals surface area (Å²) < 4.78 is 0. The van der Waals surface area contributed by atoms with Crippen LogP contribution in [-0.4, -0.2) is 40.2 Å².